The van der Waals surface area contributed by atoms with Gasteiger partial charge in [-0.05, 0) is 36.6 Å². The fourth-order valence-electron chi connectivity index (χ4n) is 2.44. The summed E-state index contributed by atoms with van der Waals surface area (Å²) in [5.74, 6) is -0.224. The molecule has 2 aromatic carbocycles. The van der Waals surface area contributed by atoms with Crippen molar-refractivity contribution in [2.75, 3.05) is 11.9 Å². The molecular weight excluding hydrogens is 352 g/mol. The van der Waals surface area contributed by atoms with E-state index in [2.05, 4.69) is 16.0 Å². The lowest BCUT2D eigenvalue weighted by atomic mass is 10.1. The van der Waals surface area contributed by atoms with Gasteiger partial charge in [-0.3, -0.25) is 4.79 Å². The van der Waals surface area contributed by atoms with Crippen LogP contribution in [0.1, 0.15) is 34.8 Å². The van der Waals surface area contributed by atoms with E-state index in [-0.39, 0.29) is 36.4 Å². The number of halogens is 1. The lowest BCUT2D eigenvalue weighted by Gasteiger charge is -2.13. The number of nitrogens with one attached hydrogen (secondary N) is 3. The number of hydrogen-bond acceptors (Lipinski definition) is 3. The molecule has 0 heterocycles. The first kappa shape index (κ1) is 19.8. The summed E-state index contributed by atoms with van der Waals surface area (Å²) in [7, 11) is 0. The molecule has 1 saturated carbocycles. The van der Waals surface area contributed by atoms with Crippen LogP contribution in [0.4, 0.5) is 10.5 Å². The van der Waals surface area contributed by atoms with Crippen molar-refractivity contribution < 1.29 is 9.59 Å². The second-order valence-electron chi connectivity index (χ2n) is 6.18. The number of benzene rings is 2. The number of urea groups is 1. The Labute approximate surface area is 159 Å². The van der Waals surface area contributed by atoms with Crippen LogP contribution >= 0.6 is 12.4 Å². The Morgan fingerprint density at radius 2 is 1.81 bits per heavy atom. The van der Waals surface area contributed by atoms with E-state index in [1.807, 2.05) is 30.3 Å². The Hall–Kier alpha value is -2.57. The van der Waals surface area contributed by atoms with Crippen LogP contribution in [-0.2, 0) is 0 Å². The Morgan fingerprint density at radius 3 is 2.50 bits per heavy atom. The lowest BCUT2D eigenvalue weighted by molar-refractivity contribution is 0.0951. The van der Waals surface area contributed by atoms with E-state index in [0.717, 1.165) is 18.4 Å². The van der Waals surface area contributed by atoms with E-state index in [4.69, 9.17) is 5.73 Å². The van der Waals surface area contributed by atoms with Crippen LogP contribution in [0.5, 0.6) is 0 Å². The molecule has 1 aliphatic rings. The molecule has 0 aliphatic heterocycles. The van der Waals surface area contributed by atoms with Gasteiger partial charge < -0.3 is 21.7 Å². The topological polar surface area (TPSA) is 96.2 Å². The fraction of sp³-hybridized carbons (Fsp3) is 0.263. The molecule has 7 heteroatoms. The first-order valence-corrected chi connectivity index (χ1v) is 8.38. The predicted octanol–water partition coefficient (Wildman–Crippen LogP) is 2.82. The summed E-state index contributed by atoms with van der Waals surface area (Å²) in [5, 5.41) is 8.41. The zero-order valence-corrected chi connectivity index (χ0v) is 15.1. The highest BCUT2D eigenvalue weighted by Crippen LogP contribution is 2.19. The number of hydrogen-bond donors (Lipinski definition) is 4. The van der Waals surface area contributed by atoms with Gasteiger partial charge in [-0.25, -0.2) is 4.79 Å². The van der Waals surface area contributed by atoms with Crippen molar-refractivity contribution in [3.63, 3.8) is 0 Å². The van der Waals surface area contributed by atoms with Gasteiger partial charge in [0.05, 0.1) is 0 Å². The van der Waals surface area contributed by atoms with Crippen molar-refractivity contribution in [1.82, 2.24) is 10.6 Å². The molecular formula is C19H23ClN4O2. The summed E-state index contributed by atoms with van der Waals surface area (Å²) < 4.78 is 0. The van der Waals surface area contributed by atoms with Crippen molar-refractivity contribution in [2.24, 2.45) is 5.73 Å². The highest BCUT2D eigenvalue weighted by molar-refractivity contribution is 5.97. The molecule has 0 radical (unpaired) electrons. The summed E-state index contributed by atoms with van der Waals surface area (Å²) in [5.41, 5.74) is 8.11. The summed E-state index contributed by atoms with van der Waals surface area (Å²) in [6.07, 6.45) is 2.05. The molecule has 0 aromatic heterocycles. The summed E-state index contributed by atoms with van der Waals surface area (Å²) in [4.78, 5) is 24.1. The zero-order valence-electron chi connectivity index (χ0n) is 14.3. The lowest BCUT2D eigenvalue weighted by Crippen LogP contribution is -2.32. The summed E-state index contributed by atoms with van der Waals surface area (Å²) in [6, 6.07) is 16.2. The Morgan fingerprint density at radius 1 is 1.08 bits per heavy atom. The monoisotopic (exact) mass is 374 g/mol. The van der Waals surface area contributed by atoms with Crippen LogP contribution < -0.4 is 21.7 Å². The maximum absolute atomic E-state index is 12.3. The standard InChI is InChI=1S/C19H22N4O2.ClH/c20-17(13-5-2-1-3-6-13)12-21-18(24)14-7-4-8-16(11-14)23-19(25)22-15-9-10-15;/h1-8,11,15,17H,9-10,12,20H2,(H,21,24)(H2,22,23,25);1H. The first-order chi connectivity index (χ1) is 12.1. The van der Waals surface area contributed by atoms with Crippen LogP contribution in [-0.4, -0.2) is 24.5 Å². The molecule has 2 aromatic rings. The molecule has 26 heavy (non-hydrogen) atoms. The van der Waals surface area contributed by atoms with E-state index in [9.17, 15) is 9.59 Å². The van der Waals surface area contributed by atoms with Crippen LogP contribution in [0.25, 0.3) is 0 Å². The van der Waals surface area contributed by atoms with E-state index in [1.54, 1.807) is 24.3 Å². The molecule has 6 nitrogen and oxygen atoms in total. The maximum Gasteiger partial charge on any atom is 0.319 e. The number of nitrogens with two attached hydrogens (primary N) is 1. The van der Waals surface area contributed by atoms with Gasteiger partial charge in [0.2, 0.25) is 0 Å². The average molecular weight is 375 g/mol. The molecule has 3 rings (SSSR count). The van der Waals surface area contributed by atoms with Gasteiger partial charge in [0.25, 0.3) is 5.91 Å². The third-order valence-corrected chi connectivity index (χ3v) is 4.01. The van der Waals surface area contributed by atoms with Gasteiger partial charge in [0.15, 0.2) is 0 Å². The van der Waals surface area contributed by atoms with Crippen molar-refractivity contribution in [1.29, 1.82) is 0 Å². The molecule has 1 atom stereocenters. The van der Waals surface area contributed by atoms with Gasteiger partial charge in [0, 0.05) is 29.9 Å². The fourth-order valence-corrected chi connectivity index (χ4v) is 2.44. The largest absolute Gasteiger partial charge is 0.350 e. The molecule has 5 N–H and O–H groups in total. The van der Waals surface area contributed by atoms with Gasteiger partial charge in [-0.2, -0.15) is 0 Å². The minimum atomic E-state index is -0.268. The van der Waals surface area contributed by atoms with Crippen molar-refractivity contribution in [2.45, 2.75) is 24.9 Å². The van der Waals surface area contributed by atoms with Crippen molar-refractivity contribution in [3.8, 4) is 0 Å². The molecule has 0 bridgehead atoms. The van der Waals surface area contributed by atoms with Crippen LogP contribution in [0.15, 0.2) is 54.6 Å². The first-order valence-electron chi connectivity index (χ1n) is 8.38. The summed E-state index contributed by atoms with van der Waals surface area (Å²) in [6.45, 7) is 0.336. The predicted molar refractivity (Wildman–Crippen MR) is 105 cm³/mol. The maximum atomic E-state index is 12.3. The van der Waals surface area contributed by atoms with E-state index in [0.29, 0.717) is 17.8 Å². The smallest absolute Gasteiger partial charge is 0.319 e. The molecule has 1 aliphatic carbocycles. The second kappa shape index (κ2) is 9.22. The third-order valence-electron chi connectivity index (χ3n) is 4.01. The SMILES string of the molecule is Cl.NC(CNC(=O)c1cccc(NC(=O)NC2CC2)c1)c1ccccc1. The number of amides is 3. The normalized spacial score (nSPS) is 13.9. The van der Waals surface area contributed by atoms with Crippen LogP contribution in [0.3, 0.4) is 0 Å². The molecule has 1 fully saturated rings. The molecule has 0 spiro atoms. The van der Waals surface area contributed by atoms with Crippen molar-refractivity contribution in [3.05, 3.63) is 65.7 Å². The van der Waals surface area contributed by atoms with Gasteiger partial charge in [-0.1, -0.05) is 36.4 Å². The zero-order chi connectivity index (χ0) is 17.6. The van der Waals surface area contributed by atoms with Gasteiger partial charge >= 0.3 is 6.03 Å². The highest BCUT2D eigenvalue weighted by atomic mass is 35.5. The number of anilines is 1. The van der Waals surface area contributed by atoms with E-state index in [1.165, 1.54) is 0 Å². The molecule has 1 unspecified atom stereocenters. The number of rotatable bonds is 6. The Balaban J connectivity index is 0.00000243. The average Bonchev–Trinajstić information content (AvgIpc) is 3.44. The molecule has 0 saturated heterocycles. The quantitative estimate of drug-likeness (QED) is 0.626. The van der Waals surface area contributed by atoms with Gasteiger partial charge in [0.1, 0.15) is 0 Å². The number of carbonyl (C=O) groups excluding carboxylic acids is 2. The second-order valence-corrected chi connectivity index (χ2v) is 6.18. The highest BCUT2D eigenvalue weighted by Gasteiger charge is 2.23. The van der Waals surface area contributed by atoms with E-state index < -0.39 is 0 Å². The van der Waals surface area contributed by atoms with Crippen LogP contribution in [0, 0.1) is 0 Å². The minimum absolute atomic E-state index is 0. The number of carbonyl (C=O) groups is 2. The molecule has 138 valence electrons. The van der Waals surface area contributed by atoms with Crippen LogP contribution in [0.2, 0.25) is 0 Å². The summed E-state index contributed by atoms with van der Waals surface area (Å²) >= 11 is 0. The van der Waals surface area contributed by atoms with Crippen molar-refractivity contribution >= 4 is 30.0 Å². The van der Waals surface area contributed by atoms with Gasteiger partial charge in [-0.15, -0.1) is 12.4 Å². The third kappa shape index (κ3) is 5.75. The molecule has 3 amide bonds. The Bertz CT molecular complexity index is 750. The Kier molecular flexibility index (Phi) is 7.00. The van der Waals surface area contributed by atoms with E-state index >= 15 is 0 Å². The minimum Gasteiger partial charge on any atom is -0.350 e.